The molecule has 110 valence electrons. The Bertz CT molecular complexity index is 507. The molecule has 0 aliphatic carbocycles. The number of halogens is 1. The molecule has 1 atom stereocenters. The lowest BCUT2D eigenvalue weighted by atomic mass is 10.0. The van der Waals surface area contributed by atoms with Crippen molar-refractivity contribution in [2.24, 2.45) is 0 Å². The molecule has 1 N–H and O–H groups in total. The number of aryl methyl sites for hydroxylation is 1. The number of hydrogen-bond acceptors (Lipinski definition) is 4. The highest BCUT2D eigenvalue weighted by Crippen LogP contribution is 2.31. The lowest BCUT2D eigenvalue weighted by Crippen LogP contribution is -2.41. The van der Waals surface area contributed by atoms with Crippen molar-refractivity contribution in [2.45, 2.75) is 32.7 Å². The normalized spacial score (nSPS) is 19.9. The zero-order valence-electron chi connectivity index (χ0n) is 11.9. The third-order valence-electron chi connectivity index (χ3n) is 3.80. The van der Waals surface area contributed by atoms with Gasteiger partial charge in [-0.1, -0.05) is 18.5 Å². The fourth-order valence-corrected chi connectivity index (χ4v) is 2.87. The largest absolute Gasteiger partial charge is 0.381 e. The van der Waals surface area contributed by atoms with Gasteiger partial charge in [-0.3, -0.25) is 10.1 Å². The number of benzene rings is 1. The molecule has 0 amide bonds. The molecule has 1 aromatic carbocycles. The summed E-state index contributed by atoms with van der Waals surface area (Å²) in [6.45, 7) is 7.24. The summed E-state index contributed by atoms with van der Waals surface area (Å²) >= 11 is 5.98. The number of nitro benzene ring substituents is 1. The van der Waals surface area contributed by atoms with Crippen molar-refractivity contribution in [3.63, 3.8) is 0 Å². The number of likely N-dealkylation sites (N-methyl/N-ethyl adjacent to an activating group) is 1. The van der Waals surface area contributed by atoms with Crippen LogP contribution in [0.4, 0.5) is 11.4 Å². The number of nitrogens with zero attached hydrogens (tertiary/aromatic N) is 2. The first kappa shape index (κ1) is 15.1. The predicted molar refractivity (Wildman–Crippen MR) is 81.6 cm³/mol. The van der Waals surface area contributed by atoms with Crippen LogP contribution in [-0.4, -0.2) is 35.5 Å². The van der Waals surface area contributed by atoms with Gasteiger partial charge in [0.15, 0.2) is 0 Å². The summed E-state index contributed by atoms with van der Waals surface area (Å²) in [6, 6.07) is 3.57. The second kappa shape index (κ2) is 6.41. The number of piperidine rings is 1. The summed E-state index contributed by atoms with van der Waals surface area (Å²) in [7, 11) is 0. The Kier molecular flexibility index (Phi) is 4.83. The van der Waals surface area contributed by atoms with Crippen molar-refractivity contribution >= 4 is 23.0 Å². The van der Waals surface area contributed by atoms with Crippen molar-refractivity contribution in [3.05, 3.63) is 32.8 Å². The van der Waals surface area contributed by atoms with E-state index >= 15 is 0 Å². The molecule has 0 bridgehead atoms. The van der Waals surface area contributed by atoms with Crippen LogP contribution < -0.4 is 5.32 Å². The molecule has 1 aromatic rings. The summed E-state index contributed by atoms with van der Waals surface area (Å²) in [5, 5.41) is 14.5. The monoisotopic (exact) mass is 297 g/mol. The van der Waals surface area contributed by atoms with Gasteiger partial charge in [-0.2, -0.15) is 0 Å². The molecular formula is C14H20ClN3O2. The fraction of sp³-hybridized carbons (Fsp3) is 0.571. The Hall–Kier alpha value is -1.33. The smallest absolute Gasteiger partial charge is 0.288 e. The quantitative estimate of drug-likeness (QED) is 0.683. The Morgan fingerprint density at radius 2 is 2.30 bits per heavy atom. The van der Waals surface area contributed by atoms with Gasteiger partial charge < -0.3 is 10.2 Å². The predicted octanol–water partition coefficient (Wildman–Crippen LogP) is 3.45. The first-order valence-electron chi connectivity index (χ1n) is 6.94. The molecule has 1 unspecified atom stereocenters. The minimum atomic E-state index is -0.446. The van der Waals surface area contributed by atoms with E-state index < -0.39 is 4.92 Å². The van der Waals surface area contributed by atoms with E-state index in [0.717, 1.165) is 37.3 Å². The standard InChI is InChI=1S/C14H20ClN3O2/c1-3-17-6-4-5-11(9-17)16-13-8-12(15)14(18(19)20)7-10(13)2/h7-8,11,16H,3-6,9H2,1-2H3. The van der Waals surface area contributed by atoms with Crippen LogP contribution in [-0.2, 0) is 0 Å². The van der Waals surface area contributed by atoms with Gasteiger partial charge in [-0.15, -0.1) is 0 Å². The second-order valence-electron chi connectivity index (χ2n) is 5.25. The molecule has 1 saturated heterocycles. The number of nitrogens with one attached hydrogen (secondary N) is 1. The number of nitro groups is 1. The molecule has 0 aromatic heterocycles. The molecule has 0 saturated carbocycles. The van der Waals surface area contributed by atoms with Gasteiger partial charge in [0.05, 0.1) is 4.92 Å². The molecular weight excluding hydrogens is 278 g/mol. The molecule has 20 heavy (non-hydrogen) atoms. The van der Waals surface area contributed by atoms with E-state index in [1.807, 2.05) is 6.92 Å². The Morgan fingerprint density at radius 3 is 2.95 bits per heavy atom. The van der Waals surface area contributed by atoms with Gasteiger partial charge in [0.2, 0.25) is 0 Å². The van der Waals surface area contributed by atoms with E-state index in [1.165, 1.54) is 12.5 Å². The third kappa shape index (κ3) is 3.41. The minimum Gasteiger partial charge on any atom is -0.381 e. The topological polar surface area (TPSA) is 58.4 Å². The van der Waals surface area contributed by atoms with E-state index in [2.05, 4.69) is 17.1 Å². The van der Waals surface area contributed by atoms with Gasteiger partial charge in [0.1, 0.15) is 5.02 Å². The van der Waals surface area contributed by atoms with E-state index in [-0.39, 0.29) is 10.7 Å². The zero-order valence-corrected chi connectivity index (χ0v) is 12.6. The molecule has 0 spiro atoms. The van der Waals surface area contributed by atoms with Crippen LogP contribution in [0.1, 0.15) is 25.3 Å². The maximum atomic E-state index is 10.9. The number of rotatable bonds is 4. The van der Waals surface area contributed by atoms with E-state index in [1.54, 1.807) is 6.07 Å². The van der Waals surface area contributed by atoms with Gasteiger partial charge in [-0.05, 0) is 44.5 Å². The highest BCUT2D eigenvalue weighted by atomic mass is 35.5. The Balaban J connectivity index is 2.13. The first-order chi connectivity index (χ1) is 9.51. The molecule has 1 aliphatic heterocycles. The van der Waals surface area contributed by atoms with Gasteiger partial charge in [-0.25, -0.2) is 0 Å². The average molecular weight is 298 g/mol. The molecule has 5 nitrogen and oxygen atoms in total. The number of hydrogen-bond donors (Lipinski definition) is 1. The highest BCUT2D eigenvalue weighted by Gasteiger charge is 2.21. The molecule has 1 aliphatic rings. The zero-order chi connectivity index (χ0) is 14.7. The van der Waals surface area contributed by atoms with Crippen molar-refractivity contribution in [1.82, 2.24) is 4.90 Å². The summed E-state index contributed by atoms with van der Waals surface area (Å²) in [5.41, 5.74) is 1.71. The molecule has 2 rings (SSSR count). The maximum Gasteiger partial charge on any atom is 0.288 e. The summed E-state index contributed by atoms with van der Waals surface area (Å²) in [4.78, 5) is 12.8. The summed E-state index contributed by atoms with van der Waals surface area (Å²) in [5.74, 6) is 0. The second-order valence-corrected chi connectivity index (χ2v) is 5.66. The van der Waals surface area contributed by atoms with Crippen LogP contribution in [0.15, 0.2) is 12.1 Å². The van der Waals surface area contributed by atoms with Crippen LogP contribution in [0.3, 0.4) is 0 Å². The fourth-order valence-electron chi connectivity index (χ4n) is 2.64. The lowest BCUT2D eigenvalue weighted by Gasteiger charge is -2.33. The molecule has 0 radical (unpaired) electrons. The van der Waals surface area contributed by atoms with Crippen molar-refractivity contribution < 1.29 is 4.92 Å². The van der Waals surface area contributed by atoms with Crippen molar-refractivity contribution in [1.29, 1.82) is 0 Å². The molecule has 1 fully saturated rings. The van der Waals surface area contributed by atoms with E-state index in [4.69, 9.17) is 11.6 Å². The first-order valence-corrected chi connectivity index (χ1v) is 7.32. The van der Waals surface area contributed by atoms with Gasteiger partial charge >= 0.3 is 0 Å². The van der Waals surface area contributed by atoms with Crippen molar-refractivity contribution in [3.8, 4) is 0 Å². The number of likely N-dealkylation sites (tertiary alicyclic amines) is 1. The summed E-state index contributed by atoms with van der Waals surface area (Å²) in [6.07, 6.45) is 2.29. The molecule has 6 heteroatoms. The van der Waals surface area contributed by atoms with Crippen LogP contribution in [0.5, 0.6) is 0 Å². The average Bonchev–Trinajstić information content (AvgIpc) is 2.42. The van der Waals surface area contributed by atoms with Gasteiger partial charge in [0, 0.05) is 24.3 Å². The van der Waals surface area contributed by atoms with Crippen LogP contribution in [0, 0.1) is 17.0 Å². The van der Waals surface area contributed by atoms with Crippen LogP contribution in [0.2, 0.25) is 5.02 Å². The van der Waals surface area contributed by atoms with Crippen LogP contribution >= 0.6 is 11.6 Å². The van der Waals surface area contributed by atoms with Crippen molar-refractivity contribution in [2.75, 3.05) is 25.0 Å². The summed E-state index contributed by atoms with van der Waals surface area (Å²) < 4.78 is 0. The third-order valence-corrected chi connectivity index (χ3v) is 4.11. The lowest BCUT2D eigenvalue weighted by molar-refractivity contribution is -0.384. The Morgan fingerprint density at radius 1 is 1.55 bits per heavy atom. The molecule has 1 heterocycles. The highest BCUT2D eigenvalue weighted by molar-refractivity contribution is 6.33. The minimum absolute atomic E-state index is 0.0338. The van der Waals surface area contributed by atoms with Gasteiger partial charge in [0.25, 0.3) is 5.69 Å². The Labute approximate surface area is 124 Å². The SMILES string of the molecule is CCN1CCCC(Nc2cc(Cl)c([N+](=O)[O-])cc2C)C1. The van der Waals surface area contributed by atoms with E-state index in [0.29, 0.717) is 6.04 Å². The van der Waals surface area contributed by atoms with Crippen LogP contribution in [0.25, 0.3) is 0 Å². The maximum absolute atomic E-state index is 10.9. The number of anilines is 1. The van der Waals surface area contributed by atoms with E-state index in [9.17, 15) is 10.1 Å².